The quantitative estimate of drug-likeness (QED) is 0.550. The molecule has 0 aliphatic rings. The van der Waals surface area contributed by atoms with Crippen LogP contribution in [0.1, 0.15) is 0 Å². The van der Waals surface area contributed by atoms with Crippen LogP contribution in [0.25, 0.3) is 11.0 Å². The fourth-order valence-corrected chi connectivity index (χ4v) is 0.883. The van der Waals surface area contributed by atoms with Gasteiger partial charge in [-0.05, 0) is 18.2 Å². The van der Waals surface area contributed by atoms with Gasteiger partial charge in [-0.2, -0.15) is 0 Å². The van der Waals surface area contributed by atoms with E-state index in [0.717, 1.165) is 11.0 Å². The SMILES string of the molecule is NC(N)=O.c1cnc2[nH]ccc2c1. The Kier molecular flexibility index (Phi) is 2.86. The monoisotopic (exact) mass is 178 g/mol. The van der Waals surface area contributed by atoms with Gasteiger partial charge in [0.05, 0.1) is 0 Å². The number of hydrogen-bond acceptors (Lipinski definition) is 2. The molecular weight excluding hydrogens is 168 g/mol. The normalized spacial score (nSPS) is 8.92. The Morgan fingerprint density at radius 1 is 1.38 bits per heavy atom. The van der Waals surface area contributed by atoms with Crippen LogP contribution in [0.3, 0.4) is 0 Å². The summed E-state index contributed by atoms with van der Waals surface area (Å²) in [6.07, 6.45) is 3.66. The van der Waals surface area contributed by atoms with Gasteiger partial charge in [0.2, 0.25) is 0 Å². The molecule has 0 atom stereocenters. The van der Waals surface area contributed by atoms with Crippen LogP contribution in [0.15, 0.2) is 30.6 Å². The van der Waals surface area contributed by atoms with Crippen molar-refractivity contribution < 1.29 is 4.79 Å². The van der Waals surface area contributed by atoms with E-state index in [0.29, 0.717) is 0 Å². The molecule has 0 bridgehead atoms. The van der Waals surface area contributed by atoms with E-state index in [1.54, 1.807) is 6.20 Å². The second-order valence-corrected chi connectivity index (χ2v) is 2.32. The van der Waals surface area contributed by atoms with Crippen molar-refractivity contribution in [3.8, 4) is 0 Å². The Morgan fingerprint density at radius 3 is 2.69 bits per heavy atom. The highest BCUT2D eigenvalue weighted by atomic mass is 16.2. The molecule has 2 rings (SSSR count). The van der Waals surface area contributed by atoms with Crippen molar-refractivity contribution in [1.82, 2.24) is 9.97 Å². The first-order valence-corrected chi connectivity index (χ1v) is 3.63. The van der Waals surface area contributed by atoms with Gasteiger partial charge >= 0.3 is 6.03 Å². The maximum atomic E-state index is 9.00. The molecule has 0 aromatic carbocycles. The number of rotatable bonds is 0. The average Bonchev–Trinajstić information content (AvgIpc) is 2.49. The van der Waals surface area contributed by atoms with Gasteiger partial charge in [-0.3, -0.25) is 0 Å². The van der Waals surface area contributed by atoms with Crippen molar-refractivity contribution >= 4 is 17.1 Å². The molecule has 0 aliphatic carbocycles. The molecule has 5 nitrogen and oxygen atoms in total. The highest BCUT2D eigenvalue weighted by Crippen LogP contribution is 2.05. The van der Waals surface area contributed by atoms with Crippen molar-refractivity contribution in [2.75, 3.05) is 0 Å². The largest absolute Gasteiger partial charge is 0.352 e. The summed E-state index contributed by atoms with van der Waals surface area (Å²) < 4.78 is 0. The third-order valence-electron chi connectivity index (χ3n) is 1.32. The number of carbonyl (C=O) groups is 1. The number of H-pyrrole nitrogens is 1. The molecule has 2 aromatic rings. The summed E-state index contributed by atoms with van der Waals surface area (Å²) in [6, 6.07) is 5.12. The molecule has 0 fully saturated rings. The number of hydrogen-bond donors (Lipinski definition) is 3. The number of aromatic nitrogens is 2. The van der Waals surface area contributed by atoms with E-state index in [1.807, 2.05) is 24.4 Å². The number of amides is 2. The zero-order valence-electron chi connectivity index (χ0n) is 6.90. The van der Waals surface area contributed by atoms with E-state index in [2.05, 4.69) is 21.4 Å². The van der Waals surface area contributed by atoms with Crippen molar-refractivity contribution in [2.45, 2.75) is 0 Å². The lowest BCUT2D eigenvalue weighted by Crippen LogP contribution is -2.18. The van der Waals surface area contributed by atoms with E-state index >= 15 is 0 Å². The fraction of sp³-hybridized carbons (Fsp3) is 0. The molecule has 2 aromatic heterocycles. The maximum Gasteiger partial charge on any atom is 0.309 e. The summed E-state index contributed by atoms with van der Waals surface area (Å²) in [7, 11) is 0. The third kappa shape index (κ3) is 2.82. The van der Waals surface area contributed by atoms with E-state index in [4.69, 9.17) is 4.79 Å². The minimum atomic E-state index is -0.833. The van der Waals surface area contributed by atoms with Crippen LogP contribution in [0, 0.1) is 0 Å². The highest BCUT2D eigenvalue weighted by Gasteiger charge is 1.88. The number of carbonyl (C=O) groups excluding carboxylic acids is 1. The lowest BCUT2D eigenvalue weighted by Gasteiger charge is -1.82. The molecule has 0 radical (unpaired) electrons. The van der Waals surface area contributed by atoms with Gasteiger partial charge < -0.3 is 16.5 Å². The average molecular weight is 178 g/mol. The van der Waals surface area contributed by atoms with Crippen LogP contribution in [-0.4, -0.2) is 16.0 Å². The predicted octanol–water partition coefficient (Wildman–Crippen LogP) is 0.587. The smallest absolute Gasteiger partial charge is 0.309 e. The number of fused-ring (bicyclic) bond motifs is 1. The minimum Gasteiger partial charge on any atom is -0.352 e. The Balaban J connectivity index is 0.000000184. The van der Waals surface area contributed by atoms with Crippen molar-refractivity contribution in [2.24, 2.45) is 11.5 Å². The molecule has 0 saturated carbocycles. The van der Waals surface area contributed by atoms with Gasteiger partial charge in [-0.1, -0.05) is 0 Å². The highest BCUT2D eigenvalue weighted by molar-refractivity contribution is 5.74. The number of nitrogens with one attached hydrogen (secondary N) is 1. The molecule has 0 saturated heterocycles. The number of nitrogens with zero attached hydrogens (tertiary/aromatic N) is 1. The molecule has 0 unspecified atom stereocenters. The predicted molar refractivity (Wildman–Crippen MR) is 49.9 cm³/mol. The Morgan fingerprint density at radius 2 is 2.08 bits per heavy atom. The van der Waals surface area contributed by atoms with E-state index in [9.17, 15) is 0 Å². The number of pyridine rings is 1. The molecular formula is C8H10N4O. The molecule has 68 valence electrons. The summed E-state index contributed by atoms with van der Waals surface area (Å²) in [5.74, 6) is 0. The van der Waals surface area contributed by atoms with E-state index < -0.39 is 6.03 Å². The summed E-state index contributed by atoms with van der Waals surface area (Å²) in [6.45, 7) is 0. The topological polar surface area (TPSA) is 97.8 Å². The zero-order valence-corrected chi connectivity index (χ0v) is 6.90. The van der Waals surface area contributed by atoms with Crippen molar-refractivity contribution in [1.29, 1.82) is 0 Å². The zero-order chi connectivity index (χ0) is 9.68. The van der Waals surface area contributed by atoms with Crippen LogP contribution >= 0.6 is 0 Å². The molecule has 0 aliphatic heterocycles. The molecule has 2 heterocycles. The van der Waals surface area contributed by atoms with Crippen LogP contribution in [0.2, 0.25) is 0 Å². The summed E-state index contributed by atoms with van der Waals surface area (Å²) >= 11 is 0. The van der Waals surface area contributed by atoms with Gasteiger partial charge in [0.25, 0.3) is 0 Å². The first-order valence-electron chi connectivity index (χ1n) is 3.63. The first-order chi connectivity index (χ1) is 6.20. The van der Waals surface area contributed by atoms with Gasteiger partial charge in [-0.25, -0.2) is 9.78 Å². The summed E-state index contributed by atoms with van der Waals surface area (Å²) in [5, 5.41) is 1.16. The summed E-state index contributed by atoms with van der Waals surface area (Å²) in [5.41, 5.74) is 9.46. The van der Waals surface area contributed by atoms with Crippen molar-refractivity contribution in [3.63, 3.8) is 0 Å². The number of nitrogens with two attached hydrogens (primary N) is 2. The first kappa shape index (κ1) is 9.05. The van der Waals surface area contributed by atoms with Gasteiger partial charge in [0, 0.05) is 17.8 Å². The van der Waals surface area contributed by atoms with Gasteiger partial charge in [0.15, 0.2) is 0 Å². The molecule has 0 spiro atoms. The molecule has 5 heteroatoms. The van der Waals surface area contributed by atoms with Crippen LogP contribution in [-0.2, 0) is 0 Å². The number of urea groups is 1. The van der Waals surface area contributed by atoms with Crippen LogP contribution < -0.4 is 11.5 Å². The third-order valence-corrected chi connectivity index (χ3v) is 1.32. The van der Waals surface area contributed by atoms with Gasteiger partial charge in [-0.15, -0.1) is 0 Å². The molecule has 2 amide bonds. The molecule has 5 N–H and O–H groups in total. The van der Waals surface area contributed by atoms with Crippen molar-refractivity contribution in [3.05, 3.63) is 30.6 Å². The minimum absolute atomic E-state index is 0.833. The van der Waals surface area contributed by atoms with Gasteiger partial charge in [0.1, 0.15) is 5.65 Å². The van der Waals surface area contributed by atoms with E-state index in [1.165, 1.54) is 0 Å². The summed E-state index contributed by atoms with van der Waals surface area (Å²) in [4.78, 5) is 16.1. The number of primary amides is 2. The second kappa shape index (κ2) is 4.10. The second-order valence-electron chi connectivity index (χ2n) is 2.32. The Hall–Kier alpha value is -2.04. The van der Waals surface area contributed by atoms with E-state index in [-0.39, 0.29) is 0 Å². The molecule has 13 heavy (non-hydrogen) atoms. The van der Waals surface area contributed by atoms with Crippen LogP contribution in [0.4, 0.5) is 4.79 Å². The fourth-order valence-electron chi connectivity index (χ4n) is 0.883. The Labute approximate surface area is 74.8 Å². The Bertz CT molecular complexity index is 361. The van der Waals surface area contributed by atoms with Crippen LogP contribution in [0.5, 0.6) is 0 Å². The lowest BCUT2D eigenvalue weighted by molar-refractivity contribution is 0.256. The lowest BCUT2D eigenvalue weighted by atomic mass is 10.3. The standard InChI is InChI=1S/C7H6N2.CH4N2O/c1-2-6-3-5-9-7(6)8-4-1;2-1(3)4/h1-5H,(H,8,9);(H4,2,3,4). The number of aromatic amines is 1. The maximum absolute atomic E-state index is 9.00.